The lowest BCUT2D eigenvalue weighted by atomic mass is 9.54. The van der Waals surface area contributed by atoms with Crippen molar-refractivity contribution in [3.63, 3.8) is 0 Å². The molecule has 0 saturated heterocycles. The molecule has 3 saturated carbocycles. The van der Waals surface area contributed by atoms with Crippen LogP contribution < -0.4 is 0 Å². The molecule has 0 heterocycles. The Morgan fingerprint density at radius 3 is 2.81 bits per heavy atom. The van der Waals surface area contributed by atoms with Crippen LogP contribution in [0.2, 0.25) is 0 Å². The quantitative estimate of drug-likeness (QED) is 0.741. The molecular formula is C18H22O3. The third-order valence-electron chi connectivity index (χ3n) is 6.60. The SMILES string of the molecule is C[C@]12CC[C@@H]3C4=C(O)CC(=O)C=C4CC[C@H]3[C@@H]1CCC2=O. The van der Waals surface area contributed by atoms with Crippen molar-refractivity contribution in [2.75, 3.05) is 0 Å². The van der Waals surface area contributed by atoms with Crippen LogP contribution in [0.15, 0.2) is 23.0 Å². The maximum Gasteiger partial charge on any atom is 0.163 e. The number of carbonyl (C=O) groups is 2. The van der Waals surface area contributed by atoms with Crippen molar-refractivity contribution in [3.8, 4) is 0 Å². The van der Waals surface area contributed by atoms with Gasteiger partial charge in [0.15, 0.2) is 5.78 Å². The standard InChI is InChI=1S/C18H22O3/c1-18-7-6-13-12(14(18)4-5-16(18)21)3-2-10-8-11(19)9-15(20)17(10)13/h8,12-14,20H,2-7,9H2,1H3/t12-,13+,14+,18+/m1/s1. The first-order valence-electron chi connectivity index (χ1n) is 8.20. The molecule has 21 heavy (non-hydrogen) atoms. The van der Waals surface area contributed by atoms with Crippen molar-refractivity contribution in [1.82, 2.24) is 0 Å². The summed E-state index contributed by atoms with van der Waals surface area (Å²) in [6.45, 7) is 2.16. The minimum Gasteiger partial charge on any atom is -0.512 e. The predicted octanol–water partition coefficient (Wildman–Crippen LogP) is 3.50. The molecule has 0 bridgehead atoms. The van der Waals surface area contributed by atoms with Crippen LogP contribution >= 0.6 is 0 Å². The van der Waals surface area contributed by atoms with Crippen molar-refractivity contribution in [2.24, 2.45) is 23.2 Å². The fourth-order valence-corrected chi connectivity index (χ4v) is 5.57. The van der Waals surface area contributed by atoms with Gasteiger partial charge in [0.1, 0.15) is 11.5 Å². The first-order valence-corrected chi connectivity index (χ1v) is 8.20. The van der Waals surface area contributed by atoms with E-state index in [4.69, 9.17) is 0 Å². The van der Waals surface area contributed by atoms with Crippen LogP contribution in [0.4, 0.5) is 0 Å². The lowest BCUT2D eigenvalue weighted by molar-refractivity contribution is -0.129. The fraction of sp³-hybridized carbons (Fsp3) is 0.667. The molecule has 0 amide bonds. The van der Waals surface area contributed by atoms with E-state index in [-0.39, 0.29) is 17.6 Å². The Balaban J connectivity index is 1.72. The molecule has 3 heteroatoms. The highest BCUT2D eigenvalue weighted by Crippen LogP contribution is 2.60. The van der Waals surface area contributed by atoms with Crippen LogP contribution in [0, 0.1) is 23.2 Å². The first kappa shape index (κ1) is 13.3. The largest absolute Gasteiger partial charge is 0.512 e. The van der Waals surface area contributed by atoms with Gasteiger partial charge in [-0.3, -0.25) is 9.59 Å². The van der Waals surface area contributed by atoms with Crippen LogP contribution in [0.1, 0.15) is 51.9 Å². The number of Topliss-reactive ketones (excluding diaryl/α,β-unsaturated/α-hetero) is 1. The van der Waals surface area contributed by atoms with Gasteiger partial charge in [-0.25, -0.2) is 0 Å². The highest BCUT2D eigenvalue weighted by molar-refractivity contribution is 5.94. The van der Waals surface area contributed by atoms with Gasteiger partial charge in [0.25, 0.3) is 0 Å². The van der Waals surface area contributed by atoms with E-state index in [9.17, 15) is 14.7 Å². The second-order valence-corrected chi connectivity index (χ2v) is 7.51. The zero-order chi connectivity index (χ0) is 14.8. The van der Waals surface area contributed by atoms with Crippen LogP contribution in [-0.4, -0.2) is 16.7 Å². The van der Waals surface area contributed by atoms with Gasteiger partial charge < -0.3 is 5.11 Å². The molecule has 0 unspecified atom stereocenters. The fourth-order valence-electron chi connectivity index (χ4n) is 5.57. The van der Waals surface area contributed by atoms with E-state index >= 15 is 0 Å². The van der Waals surface area contributed by atoms with Crippen molar-refractivity contribution >= 4 is 11.6 Å². The Morgan fingerprint density at radius 1 is 1.19 bits per heavy atom. The second kappa shape index (κ2) is 4.31. The van der Waals surface area contributed by atoms with Crippen LogP contribution in [0.25, 0.3) is 0 Å². The summed E-state index contributed by atoms with van der Waals surface area (Å²) in [6, 6.07) is 0. The molecule has 4 aliphatic carbocycles. The van der Waals surface area contributed by atoms with Crippen molar-refractivity contribution in [2.45, 2.75) is 51.9 Å². The highest BCUT2D eigenvalue weighted by Gasteiger charge is 2.55. The van der Waals surface area contributed by atoms with E-state index in [2.05, 4.69) is 6.92 Å². The zero-order valence-electron chi connectivity index (χ0n) is 12.5. The Morgan fingerprint density at radius 2 is 2.00 bits per heavy atom. The van der Waals surface area contributed by atoms with Crippen LogP contribution in [0.3, 0.4) is 0 Å². The highest BCUT2D eigenvalue weighted by atomic mass is 16.3. The zero-order valence-corrected chi connectivity index (χ0v) is 12.5. The number of allylic oxidation sites excluding steroid dienone is 4. The molecular weight excluding hydrogens is 264 g/mol. The number of hydrogen-bond donors (Lipinski definition) is 1. The van der Waals surface area contributed by atoms with Gasteiger partial charge in [0.05, 0.1) is 6.42 Å². The molecule has 3 fully saturated rings. The Kier molecular flexibility index (Phi) is 2.73. The number of rotatable bonds is 0. The van der Waals surface area contributed by atoms with E-state index in [1.165, 1.54) is 0 Å². The first-order chi connectivity index (χ1) is 10.0. The van der Waals surface area contributed by atoms with Crippen LogP contribution in [-0.2, 0) is 9.59 Å². The Hall–Kier alpha value is -1.38. The molecule has 0 radical (unpaired) electrons. The summed E-state index contributed by atoms with van der Waals surface area (Å²) in [6.07, 6.45) is 7.53. The predicted molar refractivity (Wildman–Crippen MR) is 78.6 cm³/mol. The van der Waals surface area contributed by atoms with Gasteiger partial charge in [-0.15, -0.1) is 0 Å². The molecule has 0 aromatic heterocycles. The molecule has 0 spiro atoms. The van der Waals surface area contributed by atoms with Crippen molar-refractivity contribution in [1.29, 1.82) is 0 Å². The lowest BCUT2D eigenvalue weighted by Crippen LogP contribution is -2.44. The average molecular weight is 286 g/mol. The van der Waals surface area contributed by atoms with Gasteiger partial charge in [-0.05, 0) is 67.1 Å². The monoisotopic (exact) mass is 286 g/mol. The molecule has 4 rings (SSSR count). The lowest BCUT2D eigenvalue weighted by Gasteiger charge is -2.49. The number of fused-ring (bicyclic) bond motifs is 5. The van der Waals surface area contributed by atoms with E-state index < -0.39 is 0 Å². The summed E-state index contributed by atoms with van der Waals surface area (Å²) >= 11 is 0. The molecule has 4 atom stereocenters. The summed E-state index contributed by atoms with van der Waals surface area (Å²) < 4.78 is 0. The van der Waals surface area contributed by atoms with Gasteiger partial charge >= 0.3 is 0 Å². The molecule has 4 aliphatic rings. The normalized spacial score (nSPS) is 42.3. The minimum absolute atomic E-state index is 0.0291. The van der Waals surface area contributed by atoms with Crippen LogP contribution in [0.5, 0.6) is 0 Å². The van der Waals surface area contributed by atoms with Gasteiger partial charge in [0, 0.05) is 11.8 Å². The van der Waals surface area contributed by atoms with Gasteiger partial charge in [0.2, 0.25) is 0 Å². The average Bonchev–Trinajstić information content (AvgIpc) is 2.74. The van der Waals surface area contributed by atoms with E-state index in [0.29, 0.717) is 29.3 Å². The molecule has 0 aromatic carbocycles. The summed E-state index contributed by atoms with van der Waals surface area (Å²) in [7, 11) is 0. The maximum absolute atomic E-state index is 12.3. The number of aliphatic hydroxyl groups excluding tert-OH is 1. The Bertz CT molecular complexity index is 598. The van der Waals surface area contributed by atoms with Crippen molar-refractivity contribution < 1.29 is 14.7 Å². The molecule has 3 nitrogen and oxygen atoms in total. The maximum atomic E-state index is 12.3. The summed E-state index contributed by atoms with van der Waals surface area (Å²) in [5.74, 6) is 2.13. The molecule has 1 N–H and O–H groups in total. The molecule has 112 valence electrons. The topological polar surface area (TPSA) is 54.4 Å². The number of hydrogen-bond acceptors (Lipinski definition) is 3. The molecule has 0 aromatic rings. The number of carbonyl (C=O) groups excluding carboxylic acids is 2. The van der Waals surface area contributed by atoms with Crippen molar-refractivity contribution in [3.05, 3.63) is 23.0 Å². The van der Waals surface area contributed by atoms with Gasteiger partial charge in [-0.1, -0.05) is 6.92 Å². The van der Waals surface area contributed by atoms with Gasteiger partial charge in [-0.2, -0.15) is 0 Å². The Labute approximate surface area is 125 Å². The van der Waals surface area contributed by atoms with E-state index in [1.54, 1.807) is 6.08 Å². The summed E-state index contributed by atoms with van der Waals surface area (Å²) in [4.78, 5) is 23.9. The van der Waals surface area contributed by atoms with E-state index in [0.717, 1.165) is 49.7 Å². The third-order valence-corrected chi connectivity index (χ3v) is 6.60. The molecule has 0 aliphatic heterocycles. The second-order valence-electron chi connectivity index (χ2n) is 7.51. The number of ketones is 2. The minimum atomic E-state index is -0.122. The summed E-state index contributed by atoms with van der Waals surface area (Å²) in [5, 5.41) is 10.3. The third kappa shape index (κ3) is 1.72. The number of aliphatic hydroxyl groups is 1. The van der Waals surface area contributed by atoms with E-state index in [1.807, 2.05) is 0 Å². The summed E-state index contributed by atoms with van der Waals surface area (Å²) in [5.41, 5.74) is 2.01. The smallest absolute Gasteiger partial charge is 0.163 e.